The molecule has 1 N–H and O–H groups in total. The van der Waals surface area contributed by atoms with Crippen molar-refractivity contribution < 1.29 is 13.2 Å². The molecule has 1 aliphatic heterocycles. The monoisotopic (exact) mass is 320 g/mol. The molecule has 0 radical (unpaired) electrons. The first kappa shape index (κ1) is 14.2. The highest BCUT2D eigenvalue weighted by Crippen LogP contribution is 2.38. The second-order valence-corrected chi connectivity index (χ2v) is 8.34. The van der Waals surface area contributed by atoms with Gasteiger partial charge >= 0.3 is 0 Å². The van der Waals surface area contributed by atoms with Gasteiger partial charge in [-0.15, -0.1) is 0 Å². The summed E-state index contributed by atoms with van der Waals surface area (Å²) >= 11 is 0. The minimum Gasteiger partial charge on any atom is -0.312 e. The van der Waals surface area contributed by atoms with E-state index < -0.39 is 10.0 Å². The molecule has 3 aliphatic rings. The second kappa shape index (κ2) is 4.80. The van der Waals surface area contributed by atoms with E-state index in [0.29, 0.717) is 11.4 Å². The predicted molar refractivity (Wildman–Crippen MR) is 83.3 cm³/mol. The molecule has 2 aliphatic carbocycles. The Kier molecular flexibility index (Phi) is 3.10. The Morgan fingerprint density at radius 1 is 1.23 bits per heavy atom. The zero-order valence-electron chi connectivity index (χ0n) is 12.6. The molecular weight excluding hydrogens is 300 g/mol. The number of hydrogen-bond acceptors (Lipinski definition) is 3. The van der Waals surface area contributed by atoms with Gasteiger partial charge in [0.2, 0.25) is 15.9 Å². The van der Waals surface area contributed by atoms with Crippen LogP contribution in [0.15, 0.2) is 17.0 Å². The van der Waals surface area contributed by atoms with Gasteiger partial charge < -0.3 is 4.90 Å². The average Bonchev–Trinajstić information content (AvgIpc) is 3.35. The third-order valence-electron chi connectivity index (χ3n) is 4.65. The van der Waals surface area contributed by atoms with Crippen LogP contribution in [-0.4, -0.2) is 26.9 Å². The number of amides is 1. The van der Waals surface area contributed by atoms with E-state index in [2.05, 4.69) is 4.72 Å². The lowest BCUT2D eigenvalue weighted by Crippen LogP contribution is -2.31. The number of aryl methyl sites for hydroxylation is 1. The van der Waals surface area contributed by atoms with Gasteiger partial charge in [-0.2, -0.15) is 0 Å². The summed E-state index contributed by atoms with van der Waals surface area (Å²) in [6, 6.07) is 3.71. The molecule has 0 atom stereocenters. The number of hydrogen-bond donors (Lipinski definition) is 1. The Labute approximate surface area is 130 Å². The number of carbonyl (C=O) groups excluding carboxylic acids is 1. The third-order valence-corrected chi connectivity index (χ3v) is 6.32. The highest BCUT2D eigenvalue weighted by atomic mass is 32.2. The summed E-state index contributed by atoms with van der Waals surface area (Å²) in [6.07, 6.45) is 4.56. The van der Waals surface area contributed by atoms with Crippen molar-refractivity contribution in [2.24, 2.45) is 5.92 Å². The number of carbonyl (C=O) groups is 1. The van der Waals surface area contributed by atoms with E-state index in [0.717, 1.165) is 48.9 Å². The van der Waals surface area contributed by atoms with Crippen molar-refractivity contribution in [2.75, 3.05) is 11.4 Å². The number of fused-ring (bicyclic) bond motifs is 1. The van der Waals surface area contributed by atoms with E-state index in [9.17, 15) is 13.2 Å². The number of nitrogens with zero attached hydrogens (tertiary/aromatic N) is 1. The summed E-state index contributed by atoms with van der Waals surface area (Å²) in [6.45, 7) is 2.50. The average molecular weight is 320 g/mol. The molecule has 1 aromatic carbocycles. The van der Waals surface area contributed by atoms with Gasteiger partial charge in [-0.3, -0.25) is 4.79 Å². The smallest absolute Gasteiger partial charge is 0.241 e. The molecule has 0 saturated heterocycles. The van der Waals surface area contributed by atoms with Gasteiger partial charge in [0.1, 0.15) is 0 Å². The molecule has 5 nitrogen and oxygen atoms in total. The standard InChI is InChI=1S/C16H20N2O3S/c1-10-8-12-6-7-18(16(19)11-2-3-11)14(12)9-15(10)22(20,21)17-13-4-5-13/h8-9,11,13,17H,2-7H2,1H3. The number of benzene rings is 1. The van der Waals surface area contributed by atoms with Crippen molar-refractivity contribution in [3.63, 3.8) is 0 Å². The van der Waals surface area contributed by atoms with E-state index in [4.69, 9.17) is 0 Å². The van der Waals surface area contributed by atoms with Crippen LogP contribution >= 0.6 is 0 Å². The summed E-state index contributed by atoms with van der Waals surface area (Å²) in [7, 11) is -3.49. The van der Waals surface area contributed by atoms with Gasteiger partial charge in [0.05, 0.1) is 4.90 Å². The zero-order chi connectivity index (χ0) is 15.5. The summed E-state index contributed by atoms with van der Waals surface area (Å²) < 4.78 is 27.7. The minimum atomic E-state index is -3.49. The van der Waals surface area contributed by atoms with Crippen molar-refractivity contribution in [3.8, 4) is 0 Å². The Morgan fingerprint density at radius 2 is 1.95 bits per heavy atom. The van der Waals surface area contributed by atoms with Crippen LogP contribution in [0.4, 0.5) is 5.69 Å². The van der Waals surface area contributed by atoms with E-state index in [1.54, 1.807) is 11.0 Å². The first-order valence-electron chi connectivity index (χ1n) is 7.93. The molecule has 22 heavy (non-hydrogen) atoms. The fourth-order valence-corrected chi connectivity index (χ4v) is 4.65. The zero-order valence-corrected chi connectivity index (χ0v) is 13.4. The number of nitrogens with one attached hydrogen (secondary N) is 1. The Balaban J connectivity index is 1.71. The predicted octanol–water partition coefficient (Wildman–Crippen LogP) is 1.73. The van der Waals surface area contributed by atoms with Gasteiger partial charge in [0.25, 0.3) is 0 Å². The van der Waals surface area contributed by atoms with Crippen LogP contribution in [-0.2, 0) is 21.2 Å². The van der Waals surface area contributed by atoms with Crippen molar-refractivity contribution in [1.29, 1.82) is 0 Å². The fourth-order valence-electron chi connectivity index (χ4n) is 3.09. The molecule has 118 valence electrons. The molecule has 1 amide bonds. The van der Waals surface area contributed by atoms with Gasteiger partial charge in [0, 0.05) is 24.2 Å². The SMILES string of the molecule is Cc1cc2c(cc1S(=O)(=O)NC1CC1)N(C(=O)C1CC1)CC2. The quantitative estimate of drug-likeness (QED) is 0.919. The Bertz CT molecular complexity index is 749. The highest BCUT2D eigenvalue weighted by Gasteiger charge is 2.37. The van der Waals surface area contributed by atoms with Crippen LogP contribution < -0.4 is 9.62 Å². The molecule has 2 fully saturated rings. The lowest BCUT2D eigenvalue weighted by molar-refractivity contribution is -0.119. The molecule has 2 saturated carbocycles. The van der Waals surface area contributed by atoms with Crippen LogP contribution in [0.25, 0.3) is 0 Å². The van der Waals surface area contributed by atoms with E-state index in [-0.39, 0.29) is 17.9 Å². The summed E-state index contributed by atoms with van der Waals surface area (Å²) in [5, 5.41) is 0. The largest absolute Gasteiger partial charge is 0.312 e. The molecule has 0 unspecified atom stereocenters. The third kappa shape index (κ3) is 2.44. The van der Waals surface area contributed by atoms with E-state index >= 15 is 0 Å². The molecular formula is C16H20N2O3S. The first-order chi connectivity index (χ1) is 10.5. The van der Waals surface area contributed by atoms with Crippen molar-refractivity contribution in [1.82, 2.24) is 4.72 Å². The van der Waals surface area contributed by atoms with E-state index in [1.165, 1.54) is 0 Å². The maximum Gasteiger partial charge on any atom is 0.241 e. The first-order valence-corrected chi connectivity index (χ1v) is 9.41. The maximum atomic E-state index is 12.5. The highest BCUT2D eigenvalue weighted by molar-refractivity contribution is 7.89. The van der Waals surface area contributed by atoms with Crippen LogP contribution in [0, 0.1) is 12.8 Å². The van der Waals surface area contributed by atoms with Crippen LogP contribution in [0.2, 0.25) is 0 Å². The van der Waals surface area contributed by atoms with Crippen molar-refractivity contribution in [2.45, 2.75) is 50.0 Å². The number of rotatable bonds is 4. The van der Waals surface area contributed by atoms with Crippen LogP contribution in [0.3, 0.4) is 0 Å². The lowest BCUT2D eigenvalue weighted by Gasteiger charge is -2.19. The van der Waals surface area contributed by atoms with Crippen molar-refractivity contribution >= 4 is 21.6 Å². The molecule has 0 aromatic heterocycles. The van der Waals surface area contributed by atoms with Gasteiger partial charge in [-0.25, -0.2) is 13.1 Å². The van der Waals surface area contributed by atoms with Gasteiger partial charge in [-0.05, 0) is 56.2 Å². The molecule has 1 heterocycles. The fraction of sp³-hybridized carbons (Fsp3) is 0.562. The normalized spacial score (nSPS) is 21.0. The van der Waals surface area contributed by atoms with Gasteiger partial charge in [-0.1, -0.05) is 6.07 Å². The molecule has 1 aromatic rings. The van der Waals surface area contributed by atoms with E-state index in [1.807, 2.05) is 13.0 Å². The maximum absolute atomic E-state index is 12.5. The van der Waals surface area contributed by atoms with Crippen LogP contribution in [0.5, 0.6) is 0 Å². The lowest BCUT2D eigenvalue weighted by atomic mass is 10.1. The Hall–Kier alpha value is -1.40. The summed E-state index contributed by atoms with van der Waals surface area (Å²) in [4.78, 5) is 14.5. The summed E-state index contributed by atoms with van der Waals surface area (Å²) in [5.41, 5.74) is 2.63. The topological polar surface area (TPSA) is 66.5 Å². The van der Waals surface area contributed by atoms with Gasteiger partial charge in [0.15, 0.2) is 0 Å². The number of sulfonamides is 1. The van der Waals surface area contributed by atoms with Crippen molar-refractivity contribution in [3.05, 3.63) is 23.3 Å². The second-order valence-electron chi connectivity index (χ2n) is 6.66. The molecule has 4 rings (SSSR count). The number of anilines is 1. The Morgan fingerprint density at radius 3 is 2.59 bits per heavy atom. The molecule has 0 spiro atoms. The minimum absolute atomic E-state index is 0.0850. The summed E-state index contributed by atoms with van der Waals surface area (Å²) in [5.74, 6) is 0.304. The molecule has 6 heteroatoms. The molecule has 0 bridgehead atoms. The van der Waals surface area contributed by atoms with Crippen LogP contribution in [0.1, 0.15) is 36.8 Å².